The van der Waals surface area contributed by atoms with E-state index in [1.54, 1.807) is 36.4 Å². The first-order valence-electron chi connectivity index (χ1n) is 12.9. The molecule has 1 heterocycles. The quantitative estimate of drug-likeness (QED) is 0.178. The Kier molecular flexibility index (Phi) is 8.89. The number of para-hydroxylation sites is 1. The number of unbranched alkanes of at least 4 members (excludes halogenated alkanes) is 2. The molecule has 0 saturated carbocycles. The number of fused-ring (bicyclic) bond motifs is 1. The molecule has 3 aromatic carbocycles. The van der Waals surface area contributed by atoms with E-state index in [4.69, 9.17) is 24.7 Å². The fraction of sp³-hybridized carbons (Fsp3) is 0.290. The Morgan fingerprint density at radius 2 is 1.68 bits per heavy atom. The zero-order valence-corrected chi connectivity index (χ0v) is 21.7. The van der Waals surface area contributed by atoms with E-state index >= 15 is 0 Å². The molecule has 1 aliphatic rings. The molecule has 1 aliphatic heterocycles. The highest BCUT2D eigenvalue weighted by Gasteiger charge is 2.33. The van der Waals surface area contributed by atoms with Crippen molar-refractivity contribution in [3.05, 3.63) is 94.9 Å². The number of nitriles is 1. The monoisotopic (exact) mass is 512 g/mol. The summed E-state index contributed by atoms with van der Waals surface area (Å²) in [7, 11) is 0. The van der Waals surface area contributed by atoms with E-state index in [-0.39, 0.29) is 5.88 Å². The standard InChI is InChI=1S/C31H32N2O5/c1-3-5-16-35-22-11-9-10-21(18-22)31(34)37-23-14-15-25-28(19-23)38-30(33)26(20-32)29(25)24-12-7-8-13-27(24)36-17-6-4-2/h7-15,18-19,29H,3-6,16-17,33H2,1-2H3. The second kappa shape index (κ2) is 12.7. The molecule has 0 fully saturated rings. The topological polar surface area (TPSA) is 104 Å². The molecule has 4 rings (SSSR count). The van der Waals surface area contributed by atoms with Gasteiger partial charge >= 0.3 is 5.97 Å². The highest BCUT2D eigenvalue weighted by atomic mass is 16.5. The molecule has 196 valence electrons. The van der Waals surface area contributed by atoms with E-state index in [2.05, 4.69) is 19.9 Å². The first kappa shape index (κ1) is 26.6. The Hall–Kier alpha value is -4.44. The van der Waals surface area contributed by atoms with Gasteiger partial charge in [0.05, 0.1) is 24.7 Å². The van der Waals surface area contributed by atoms with Gasteiger partial charge in [0.15, 0.2) is 0 Å². The summed E-state index contributed by atoms with van der Waals surface area (Å²) in [5.41, 5.74) is 8.41. The third-order valence-electron chi connectivity index (χ3n) is 6.22. The Balaban J connectivity index is 1.60. The smallest absolute Gasteiger partial charge is 0.343 e. The lowest BCUT2D eigenvalue weighted by molar-refractivity contribution is 0.0734. The maximum absolute atomic E-state index is 12.9. The molecule has 0 amide bonds. The van der Waals surface area contributed by atoms with E-state index in [1.807, 2.05) is 30.3 Å². The average Bonchev–Trinajstić information content (AvgIpc) is 2.93. The molecule has 0 aromatic heterocycles. The molecular formula is C31H32N2O5. The van der Waals surface area contributed by atoms with Crippen LogP contribution in [0.1, 0.15) is 66.9 Å². The predicted molar refractivity (Wildman–Crippen MR) is 144 cm³/mol. The van der Waals surface area contributed by atoms with Crippen LogP contribution in [0.25, 0.3) is 0 Å². The summed E-state index contributed by atoms with van der Waals surface area (Å²) >= 11 is 0. The van der Waals surface area contributed by atoms with Crippen LogP contribution in [-0.4, -0.2) is 19.2 Å². The van der Waals surface area contributed by atoms with Crippen molar-refractivity contribution in [2.24, 2.45) is 5.73 Å². The number of allylic oxidation sites excluding steroid dienone is 1. The number of hydrogen-bond donors (Lipinski definition) is 1. The largest absolute Gasteiger partial charge is 0.494 e. The van der Waals surface area contributed by atoms with Crippen LogP contribution in [0.3, 0.4) is 0 Å². The normalized spacial score (nSPS) is 14.2. The number of carbonyl (C=O) groups is 1. The number of ether oxygens (including phenoxy) is 4. The molecule has 38 heavy (non-hydrogen) atoms. The van der Waals surface area contributed by atoms with Gasteiger partial charge in [-0.2, -0.15) is 5.26 Å². The van der Waals surface area contributed by atoms with Crippen LogP contribution in [0.2, 0.25) is 0 Å². The van der Waals surface area contributed by atoms with E-state index in [9.17, 15) is 10.1 Å². The fourth-order valence-electron chi connectivity index (χ4n) is 4.21. The van der Waals surface area contributed by atoms with E-state index < -0.39 is 11.9 Å². The maximum Gasteiger partial charge on any atom is 0.343 e. The van der Waals surface area contributed by atoms with Gasteiger partial charge in [-0.05, 0) is 43.2 Å². The third kappa shape index (κ3) is 6.09. The molecule has 0 saturated heterocycles. The molecule has 1 unspecified atom stereocenters. The van der Waals surface area contributed by atoms with Crippen molar-refractivity contribution in [3.63, 3.8) is 0 Å². The minimum absolute atomic E-state index is 0.00812. The first-order valence-corrected chi connectivity index (χ1v) is 12.9. The van der Waals surface area contributed by atoms with Crippen molar-refractivity contribution in [2.75, 3.05) is 13.2 Å². The van der Waals surface area contributed by atoms with Crippen LogP contribution >= 0.6 is 0 Å². The number of rotatable bonds is 11. The number of esters is 1. The Morgan fingerprint density at radius 3 is 2.45 bits per heavy atom. The van der Waals surface area contributed by atoms with Gasteiger partial charge < -0.3 is 24.7 Å². The van der Waals surface area contributed by atoms with Gasteiger partial charge in [0.25, 0.3) is 0 Å². The van der Waals surface area contributed by atoms with Crippen LogP contribution in [0, 0.1) is 11.3 Å². The molecule has 1 atom stereocenters. The van der Waals surface area contributed by atoms with Crippen molar-refractivity contribution in [3.8, 4) is 29.1 Å². The molecule has 3 aromatic rings. The third-order valence-corrected chi connectivity index (χ3v) is 6.22. The van der Waals surface area contributed by atoms with Crippen molar-refractivity contribution in [1.82, 2.24) is 0 Å². The first-order chi connectivity index (χ1) is 18.5. The minimum atomic E-state index is -0.519. The molecule has 0 aliphatic carbocycles. The number of nitrogens with two attached hydrogens (primary N) is 1. The van der Waals surface area contributed by atoms with Crippen LogP contribution in [-0.2, 0) is 0 Å². The Bertz CT molecular complexity index is 1360. The highest BCUT2D eigenvalue weighted by Crippen LogP contribution is 2.46. The zero-order valence-electron chi connectivity index (χ0n) is 21.7. The van der Waals surface area contributed by atoms with E-state index in [0.29, 0.717) is 47.3 Å². The molecule has 0 spiro atoms. The summed E-state index contributed by atoms with van der Waals surface area (Å²) in [4.78, 5) is 12.9. The van der Waals surface area contributed by atoms with Gasteiger partial charge in [-0.3, -0.25) is 0 Å². The number of nitrogens with zero attached hydrogens (tertiary/aromatic N) is 1. The minimum Gasteiger partial charge on any atom is -0.494 e. The second-order valence-corrected chi connectivity index (χ2v) is 8.98. The van der Waals surface area contributed by atoms with Crippen LogP contribution < -0.4 is 24.7 Å². The maximum atomic E-state index is 12.9. The van der Waals surface area contributed by atoms with Gasteiger partial charge in [0.1, 0.15) is 34.6 Å². The molecule has 0 radical (unpaired) electrons. The summed E-state index contributed by atoms with van der Waals surface area (Å²) < 4.78 is 23.2. The lowest BCUT2D eigenvalue weighted by Crippen LogP contribution is -2.21. The number of carbonyl (C=O) groups excluding carboxylic acids is 1. The van der Waals surface area contributed by atoms with Gasteiger partial charge in [-0.25, -0.2) is 4.79 Å². The zero-order chi connectivity index (χ0) is 26.9. The number of hydrogen-bond acceptors (Lipinski definition) is 7. The summed E-state index contributed by atoms with van der Waals surface area (Å²) in [6.45, 7) is 5.35. The van der Waals surface area contributed by atoms with Crippen molar-refractivity contribution >= 4 is 5.97 Å². The summed E-state index contributed by atoms with van der Waals surface area (Å²) in [5, 5.41) is 9.93. The van der Waals surface area contributed by atoms with Crippen LogP contribution in [0.5, 0.6) is 23.0 Å². The highest BCUT2D eigenvalue weighted by molar-refractivity contribution is 5.91. The van der Waals surface area contributed by atoms with E-state index in [1.165, 1.54) is 0 Å². The molecule has 0 bridgehead atoms. The average molecular weight is 513 g/mol. The van der Waals surface area contributed by atoms with Crippen molar-refractivity contribution < 1.29 is 23.7 Å². The second-order valence-electron chi connectivity index (χ2n) is 8.98. The van der Waals surface area contributed by atoms with Gasteiger partial charge in [0.2, 0.25) is 5.88 Å². The lowest BCUT2D eigenvalue weighted by atomic mass is 9.83. The van der Waals surface area contributed by atoms with Crippen molar-refractivity contribution in [2.45, 2.75) is 45.4 Å². The van der Waals surface area contributed by atoms with Gasteiger partial charge in [-0.1, -0.05) is 57.0 Å². The van der Waals surface area contributed by atoms with Gasteiger partial charge in [-0.15, -0.1) is 0 Å². The van der Waals surface area contributed by atoms with E-state index in [0.717, 1.165) is 36.8 Å². The summed E-state index contributed by atoms with van der Waals surface area (Å²) in [6, 6.07) is 21.8. The molecule has 7 nitrogen and oxygen atoms in total. The van der Waals surface area contributed by atoms with Crippen LogP contribution in [0.4, 0.5) is 0 Å². The fourth-order valence-corrected chi connectivity index (χ4v) is 4.21. The predicted octanol–water partition coefficient (Wildman–Crippen LogP) is 6.48. The van der Waals surface area contributed by atoms with Crippen LogP contribution in [0.15, 0.2) is 78.2 Å². The van der Waals surface area contributed by atoms with Gasteiger partial charge in [0, 0.05) is 17.2 Å². The van der Waals surface area contributed by atoms with Crippen molar-refractivity contribution in [1.29, 1.82) is 5.26 Å². The summed E-state index contributed by atoms with van der Waals surface area (Å²) in [5.74, 6) is 1.02. The molecular weight excluding hydrogens is 480 g/mol. The Morgan fingerprint density at radius 1 is 0.921 bits per heavy atom. The SMILES string of the molecule is CCCCOc1cccc(C(=O)Oc2ccc3c(c2)OC(N)=C(C#N)C3c2ccccc2OCCCC)c1. The molecule has 2 N–H and O–H groups in total. The Labute approximate surface area is 223 Å². The number of benzene rings is 3. The lowest BCUT2D eigenvalue weighted by Gasteiger charge is -2.28. The molecule has 7 heteroatoms. The summed E-state index contributed by atoms with van der Waals surface area (Å²) in [6.07, 6.45) is 3.89.